The first-order valence-corrected chi connectivity index (χ1v) is 10.2. The molecule has 0 aromatic heterocycles. The van der Waals surface area contributed by atoms with E-state index in [0.29, 0.717) is 12.6 Å². The van der Waals surface area contributed by atoms with E-state index >= 15 is 0 Å². The van der Waals surface area contributed by atoms with Crippen molar-refractivity contribution in [3.8, 4) is 0 Å². The minimum Gasteiger partial charge on any atom is -0.475 e. The number of rotatable bonds is 3. The maximum Gasteiger partial charge on any atom is 0.490 e. The van der Waals surface area contributed by atoms with E-state index in [1.165, 1.54) is 11.1 Å². The van der Waals surface area contributed by atoms with E-state index < -0.39 is 12.1 Å². The van der Waals surface area contributed by atoms with Gasteiger partial charge in [0.1, 0.15) is 6.61 Å². The number of hydrogen-bond acceptors (Lipinski definition) is 5. The standard InChI is InChI=1S/C19H26N2O3.C2HF3O2/c1-14-3-2-4-15(9-14)10-21-17-11-20(16-5-7-23-8-6-16)12-18(17)24-13-19(21)22;3-2(4,5)1(6)7/h2-4,9,16-18H,5-8,10-13H2,1H3;(H,6,7)/t17-,18-;/m1./s1. The lowest BCUT2D eigenvalue weighted by Gasteiger charge is -2.37. The summed E-state index contributed by atoms with van der Waals surface area (Å²) in [5, 5.41) is 7.12. The van der Waals surface area contributed by atoms with Gasteiger partial charge in [-0.3, -0.25) is 9.69 Å². The van der Waals surface area contributed by atoms with E-state index in [1.807, 2.05) is 4.90 Å². The Balaban J connectivity index is 0.000000339. The minimum atomic E-state index is -5.08. The molecule has 3 heterocycles. The van der Waals surface area contributed by atoms with Crippen LogP contribution in [0.3, 0.4) is 0 Å². The van der Waals surface area contributed by atoms with Crippen LogP contribution in [0, 0.1) is 6.92 Å². The molecule has 0 radical (unpaired) electrons. The molecule has 0 bridgehead atoms. The summed E-state index contributed by atoms with van der Waals surface area (Å²) in [7, 11) is 0. The third kappa shape index (κ3) is 6.18. The number of carbonyl (C=O) groups is 2. The number of carboxylic acids is 1. The quantitative estimate of drug-likeness (QED) is 0.770. The number of ether oxygens (including phenoxy) is 2. The second-order valence-electron chi connectivity index (χ2n) is 8.03. The number of aliphatic carboxylic acids is 1. The average molecular weight is 444 g/mol. The van der Waals surface area contributed by atoms with Crippen LogP contribution in [0.15, 0.2) is 24.3 Å². The van der Waals surface area contributed by atoms with Crippen LogP contribution < -0.4 is 0 Å². The first kappa shape index (κ1) is 23.5. The number of amides is 1. The zero-order valence-corrected chi connectivity index (χ0v) is 17.3. The lowest BCUT2D eigenvalue weighted by atomic mass is 10.1. The Morgan fingerprint density at radius 2 is 1.90 bits per heavy atom. The van der Waals surface area contributed by atoms with Crippen molar-refractivity contribution in [2.45, 2.75) is 50.7 Å². The summed E-state index contributed by atoms with van der Waals surface area (Å²) in [5.41, 5.74) is 2.44. The Labute approximate surface area is 178 Å². The van der Waals surface area contributed by atoms with Crippen molar-refractivity contribution in [1.29, 1.82) is 0 Å². The van der Waals surface area contributed by atoms with Crippen LogP contribution in [0.4, 0.5) is 13.2 Å². The third-order valence-corrected chi connectivity index (χ3v) is 5.79. The van der Waals surface area contributed by atoms with Gasteiger partial charge >= 0.3 is 12.1 Å². The number of benzene rings is 1. The molecule has 10 heteroatoms. The molecule has 3 fully saturated rings. The molecule has 3 aliphatic rings. The molecule has 1 aromatic rings. The van der Waals surface area contributed by atoms with E-state index in [1.54, 1.807) is 0 Å². The zero-order valence-electron chi connectivity index (χ0n) is 17.3. The SMILES string of the molecule is Cc1cccc(CN2C(=O)CO[C@@H]3CN(C4CCOCC4)C[C@H]32)c1.O=C(O)C(F)(F)F. The van der Waals surface area contributed by atoms with Gasteiger partial charge in [0.2, 0.25) is 5.91 Å². The molecule has 31 heavy (non-hydrogen) atoms. The molecule has 4 rings (SSSR count). The number of nitrogens with zero attached hydrogens (tertiary/aromatic N) is 2. The summed E-state index contributed by atoms with van der Waals surface area (Å²) in [4.78, 5) is 25.9. The number of aryl methyl sites for hydroxylation is 1. The summed E-state index contributed by atoms with van der Waals surface area (Å²) >= 11 is 0. The molecule has 1 N–H and O–H groups in total. The molecule has 7 nitrogen and oxygen atoms in total. The van der Waals surface area contributed by atoms with Crippen LogP contribution in [0.2, 0.25) is 0 Å². The molecule has 2 atom stereocenters. The smallest absolute Gasteiger partial charge is 0.475 e. The van der Waals surface area contributed by atoms with Crippen molar-refractivity contribution in [3.05, 3.63) is 35.4 Å². The molecule has 3 aliphatic heterocycles. The molecule has 3 saturated heterocycles. The number of likely N-dealkylation sites (tertiary alicyclic amines) is 1. The van der Waals surface area contributed by atoms with Crippen LogP contribution in [-0.2, 0) is 25.6 Å². The average Bonchev–Trinajstić information content (AvgIpc) is 3.15. The molecular weight excluding hydrogens is 417 g/mol. The summed E-state index contributed by atoms with van der Waals surface area (Å²) in [5.74, 6) is -2.64. The fourth-order valence-corrected chi connectivity index (χ4v) is 4.26. The topological polar surface area (TPSA) is 79.3 Å². The Hall–Kier alpha value is -2.17. The van der Waals surface area contributed by atoms with Crippen molar-refractivity contribution in [2.24, 2.45) is 0 Å². The normalized spacial score (nSPS) is 25.0. The van der Waals surface area contributed by atoms with Crippen molar-refractivity contribution in [1.82, 2.24) is 9.80 Å². The number of carbonyl (C=O) groups excluding carboxylic acids is 1. The zero-order chi connectivity index (χ0) is 22.6. The highest BCUT2D eigenvalue weighted by atomic mass is 19.4. The van der Waals surface area contributed by atoms with E-state index in [4.69, 9.17) is 19.4 Å². The highest BCUT2D eigenvalue weighted by Crippen LogP contribution is 2.29. The van der Waals surface area contributed by atoms with Gasteiger partial charge in [-0.2, -0.15) is 13.2 Å². The van der Waals surface area contributed by atoms with E-state index in [0.717, 1.165) is 39.1 Å². The van der Waals surface area contributed by atoms with E-state index in [2.05, 4.69) is 36.1 Å². The Morgan fingerprint density at radius 1 is 1.23 bits per heavy atom. The van der Waals surface area contributed by atoms with Crippen LogP contribution >= 0.6 is 0 Å². The first-order chi connectivity index (χ1) is 14.6. The van der Waals surface area contributed by atoms with Crippen LogP contribution in [0.25, 0.3) is 0 Å². The predicted molar refractivity (Wildman–Crippen MR) is 104 cm³/mol. The summed E-state index contributed by atoms with van der Waals surface area (Å²) in [6.07, 6.45) is -2.76. The maximum atomic E-state index is 12.5. The molecule has 1 amide bonds. The first-order valence-electron chi connectivity index (χ1n) is 10.2. The Bertz CT molecular complexity index is 783. The van der Waals surface area contributed by atoms with Crippen molar-refractivity contribution >= 4 is 11.9 Å². The van der Waals surface area contributed by atoms with Crippen molar-refractivity contribution < 1.29 is 37.3 Å². The number of halogens is 3. The Morgan fingerprint density at radius 3 is 2.52 bits per heavy atom. The van der Waals surface area contributed by atoms with Gasteiger partial charge in [-0.05, 0) is 25.3 Å². The molecule has 0 saturated carbocycles. The second kappa shape index (κ2) is 9.97. The largest absolute Gasteiger partial charge is 0.490 e. The van der Waals surface area contributed by atoms with Gasteiger partial charge in [-0.25, -0.2) is 4.79 Å². The van der Waals surface area contributed by atoms with Gasteiger partial charge in [0.25, 0.3) is 0 Å². The summed E-state index contributed by atoms with van der Waals surface area (Å²) in [6.45, 7) is 6.56. The van der Waals surface area contributed by atoms with Gasteiger partial charge in [-0.15, -0.1) is 0 Å². The number of hydrogen-bond donors (Lipinski definition) is 1. The molecule has 0 spiro atoms. The van der Waals surface area contributed by atoms with Crippen molar-refractivity contribution in [2.75, 3.05) is 32.9 Å². The fraction of sp³-hybridized carbons (Fsp3) is 0.619. The molecule has 172 valence electrons. The molecular formula is C21H27F3N2O5. The highest BCUT2D eigenvalue weighted by Gasteiger charge is 2.44. The Kier molecular flexibility index (Phi) is 7.55. The highest BCUT2D eigenvalue weighted by molar-refractivity contribution is 5.78. The van der Waals surface area contributed by atoms with E-state index in [9.17, 15) is 18.0 Å². The predicted octanol–water partition coefficient (Wildman–Crippen LogP) is 2.22. The fourth-order valence-electron chi connectivity index (χ4n) is 4.26. The van der Waals surface area contributed by atoms with Gasteiger partial charge < -0.3 is 19.5 Å². The van der Waals surface area contributed by atoms with Crippen LogP contribution in [0.5, 0.6) is 0 Å². The molecule has 0 unspecified atom stereocenters. The van der Waals surface area contributed by atoms with Gasteiger partial charge in [0.05, 0.1) is 12.1 Å². The lowest BCUT2D eigenvalue weighted by Crippen LogP contribution is -2.53. The minimum absolute atomic E-state index is 0.117. The third-order valence-electron chi connectivity index (χ3n) is 5.79. The number of morpholine rings is 1. The summed E-state index contributed by atoms with van der Waals surface area (Å²) in [6, 6.07) is 9.18. The molecule has 0 aliphatic carbocycles. The van der Waals surface area contributed by atoms with Crippen LogP contribution in [-0.4, -0.2) is 84.1 Å². The summed E-state index contributed by atoms with van der Waals surface area (Å²) < 4.78 is 43.1. The van der Waals surface area contributed by atoms with Gasteiger partial charge in [0, 0.05) is 38.9 Å². The molecule has 1 aromatic carbocycles. The van der Waals surface area contributed by atoms with Crippen molar-refractivity contribution in [3.63, 3.8) is 0 Å². The number of carboxylic acid groups (broad SMARTS) is 1. The number of alkyl halides is 3. The van der Waals surface area contributed by atoms with Gasteiger partial charge in [-0.1, -0.05) is 29.8 Å². The lowest BCUT2D eigenvalue weighted by molar-refractivity contribution is -0.192. The maximum absolute atomic E-state index is 12.5. The van der Waals surface area contributed by atoms with Crippen LogP contribution in [0.1, 0.15) is 24.0 Å². The second-order valence-corrected chi connectivity index (χ2v) is 8.03. The van der Waals surface area contributed by atoms with E-state index in [-0.39, 0.29) is 24.7 Å². The number of fused-ring (bicyclic) bond motifs is 1. The van der Waals surface area contributed by atoms with Gasteiger partial charge in [0.15, 0.2) is 0 Å². The monoisotopic (exact) mass is 444 g/mol.